The van der Waals surface area contributed by atoms with Gasteiger partial charge in [0.15, 0.2) is 0 Å². The highest BCUT2D eigenvalue weighted by atomic mass is 16.4. The normalized spacial score (nSPS) is 18.2. The van der Waals surface area contributed by atoms with Crippen LogP contribution in [0.1, 0.15) is 29.0 Å². The van der Waals surface area contributed by atoms with Gasteiger partial charge in [0.1, 0.15) is 0 Å². The molecular weight excluding hydrogens is 262 g/mol. The standard InChI is InChI=1S/C18H19NO2/c20-18(21)10-11-19-12-15-8-4-5-9-16(15)17(13-19)14-6-2-1-3-7-14/h1-9,17H,10-13H2,(H,20,21)/t17-/m0/s1. The summed E-state index contributed by atoms with van der Waals surface area (Å²) in [6, 6.07) is 19.0. The quantitative estimate of drug-likeness (QED) is 0.936. The minimum Gasteiger partial charge on any atom is -0.481 e. The Bertz CT molecular complexity index is 624. The highest BCUT2D eigenvalue weighted by Crippen LogP contribution is 2.33. The van der Waals surface area contributed by atoms with Crippen molar-refractivity contribution < 1.29 is 9.90 Å². The zero-order chi connectivity index (χ0) is 14.7. The van der Waals surface area contributed by atoms with Gasteiger partial charge in [0.25, 0.3) is 0 Å². The first-order valence-electron chi connectivity index (χ1n) is 7.31. The van der Waals surface area contributed by atoms with Gasteiger partial charge in [-0.05, 0) is 16.7 Å². The minimum absolute atomic E-state index is 0.198. The smallest absolute Gasteiger partial charge is 0.304 e. The van der Waals surface area contributed by atoms with E-state index in [1.807, 2.05) is 6.07 Å². The van der Waals surface area contributed by atoms with Crippen molar-refractivity contribution in [2.75, 3.05) is 13.1 Å². The van der Waals surface area contributed by atoms with Gasteiger partial charge in [-0.25, -0.2) is 0 Å². The van der Waals surface area contributed by atoms with Gasteiger partial charge in [-0.15, -0.1) is 0 Å². The third-order valence-electron chi connectivity index (χ3n) is 4.11. The van der Waals surface area contributed by atoms with Gasteiger partial charge in [-0.2, -0.15) is 0 Å². The first kappa shape index (κ1) is 13.8. The third-order valence-corrected chi connectivity index (χ3v) is 4.11. The highest BCUT2D eigenvalue weighted by molar-refractivity contribution is 5.66. The van der Waals surface area contributed by atoms with E-state index in [4.69, 9.17) is 5.11 Å². The Hall–Kier alpha value is -2.13. The molecule has 1 N–H and O–H groups in total. The van der Waals surface area contributed by atoms with Crippen molar-refractivity contribution >= 4 is 5.97 Å². The Kier molecular flexibility index (Phi) is 4.02. The molecule has 0 aliphatic carbocycles. The summed E-state index contributed by atoms with van der Waals surface area (Å²) in [6.45, 7) is 2.33. The number of hydrogen-bond acceptors (Lipinski definition) is 2. The lowest BCUT2D eigenvalue weighted by molar-refractivity contribution is -0.137. The molecule has 0 saturated heterocycles. The molecule has 1 aliphatic heterocycles. The summed E-state index contributed by atoms with van der Waals surface area (Å²) < 4.78 is 0. The maximum Gasteiger partial charge on any atom is 0.304 e. The molecule has 1 heterocycles. The van der Waals surface area contributed by atoms with Crippen LogP contribution in [0.25, 0.3) is 0 Å². The molecule has 0 aromatic heterocycles. The second-order valence-corrected chi connectivity index (χ2v) is 5.54. The summed E-state index contributed by atoms with van der Waals surface area (Å²) >= 11 is 0. The van der Waals surface area contributed by atoms with Gasteiger partial charge in [-0.1, -0.05) is 54.6 Å². The lowest BCUT2D eigenvalue weighted by atomic mass is 9.84. The zero-order valence-corrected chi connectivity index (χ0v) is 11.9. The van der Waals surface area contributed by atoms with Crippen LogP contribution in [0.5, 0.6) is 0 Å². The number of rotatable bonds is 4. The Labute approximate surface area is 124 Å². The van der Waals surface area contributed by atoms with E-state index in [-0.39, 0.29) is 6.42 Å². The monoisotopic (exact) mass is 281 g/mol. The van der Waals surface area contributed by atoms with Gasteiger partial charge in [0, 0.05) is 25.6 Å². The van der Waals surface area contributed by atoms with Crippen molar-refractivity contribution in [3.8, 4) is 0 Å². The molecule has 1 atom stereocenters. The zero-order valence-electron chi connectivity index (χ0n) is 11.9. The van der Waals surface area contributed by atoms with Crippen molar-refractivity contribution in [2.24, 2.45) is 0 Å². The topological polar surface area (TPSA) is 40.5 Å². The van der Waals surface area contributed by atoms with E-state index < -0.39 is 5.97 Å². The molecule has 2 aromatic rings. The van der Waals surface area contributed by atoms with Crippen LogP contribution >= 0.6 is 0 Å². The van der Waals surface area contributed by atoms with Crippen LogP contribution < -0.4 is 0 Å². The summed E-state index contributed by atoms with van der Waals surface area (Å²) in [4.78, 5) is 13.1. The molecule has 2 aromatic carbocycles. The van der Waals surface area contributed by atoms with Crippen LogP contribution in [0.15, 0.2) is 54.6 Å². The van der Waals surface area contributed by atoms with Crippen molar-refractivity contribution in [1.29, 1.82) is 0 Å². The summed E-state index contributed by atoms with van der Waals surface area (Å²) in [5, 5.41) is 8.90. The molecule has 0 bridgehead atoms. The molecule has 0 amide bonds. The third kappa shape index (κ3) is 3.14. The van der Waals surface area contributed by atoms with E-state index in [2.05, 4.69) is 53.4 Å². The lowest BCUT2D eigenvalue weighted by Crippen LogP contribution is -2.35. The Balaban J connectivity index is 1.89. The number of carboxylic acids is 1. The van der Waals surface area contributed by atoms with Crippen LogP contribution in [0, 0.1) is 0 Å². The molecule has 3 rings (SSSR count). The van der Waals surface area contributed by atoms with Gasteiger partial charge >= 0.3 is 5.97 Å². The fraction of sp³-hybridized carbons (Fsp3) is 0.278. The number of fused-ring (bicyclic) bond motifs is 1. The maximum atomic E-state index is 10.8. The second kappa shape index (κ2) is 6.10. The number of aliphatic carboxylic acids is 1. The highest BCUT2D eigenvalue weighted by Gasteiger charge is 2.26. The first-order valence-corrected chi connectivity index (χ1v) is 7.31. The van der Waals surface area contributed by atoms with Crippen LogP contribution in [-0.2, 0) is 11.3 Å². The lowest BCUT2D eigenvalue weighted by Gasteiger charge is -2.34. The van der Waals surface area contributed by atoms with E-state index in [1.165, 1.54) is 16.7 Å². The Morgan fingerprint density at radius 3 is 2.57 bits per heavy atom. The van der Waals surface area contributed by atoms with Crippen molar-refractivity contribution in [2.45, 2.75) is 18.9 Å². The second-order valence-electron chi connectivity index (χ2n) is 5.54. The average Bonchev–Trinajstić information content (AvgIpc) is 2.53. The predicted molar refractivity (Wildman–Crippen MR) is 82.3 cm³/mol. The van der Waals surface area contributed by atoms with E-state index in [1.54, 1.807) is 0 Å². The van der Waals surface area contributed by atoms with E-state index in [0.717, 1.165) is 13.1 Å². The number of benzene rings is 2. The molecule has 0 saturated carbocycles. The Morgan fingerprint density at radius 1 is 1.10 bits per heavy atom. The fourth-order valence-electron chi connectivity index (χ4n) is 3.07. The molecule has 0 spiro atoms. The fourth-order valence-corrected chi connectivity index (χ4v) is 3.07. The molecule has 108 valence electrons. The molecule has 0 unspecified atom stereocenters. The van der Waals surface area contributed by atoms with Crippen molar-refractivity contribution in [3.05, 3.63) is 71.3 Å². The van der Waals surface area contributed by atoms with Crippen molar-refractivity contribution in [3.63, 3.8) is 0 Å². The van der Waals surface area contributed by atoms with Crippen LogP contribution in [0.4, 0.5) is 0 Å². The number of nitrogens with zero attached hydrogens (tertiary/aromatic N) is 1. The number of carboxylic acid groups (broad SMARTS) is 1. The molecule has 21 heavy (non-hydrogen) atoms. The molecule has 1 aliphatic rings. The molecule has 3 heteroatoms. The van der Waals surface area contributed by atoms with Gasteiger partial charge in [-0.3, -0.25) is 9.69 Å². The molecule has 0 fully saturated rings. The summed E-state index contributed by atoms with van der Waals surface area (Å²) in [7, 11) is 0. The first-order chi connectivity index (χ1) is 10.2. The van der Waals surface area contributed by atoms with E-state index >= 15 is 0 Å². The summed E-state index contributed by atoms with van der Waals surface area (Å²) in [5.41, 5.74) is 3.98. The predicted octanol–water partition coefficient (Wildman–Crippen LogP) is 3.11. The minimum atomic E-state index is -0.731. The Morgan fingerprint density at radius 2 is 1.81 bits per heavy atom. The van der Waals surface area contributed by atoms with Crippen LogP contribution in [0.2, 0.25) is 0 Å². The maximum absolute atomic E-state index is 10.8. The molecule has 0 radical (unpaired) electrons. The average molecular weight is 281 g/mol. The van der Waals surface area contributed by atoms with Gasteiger partial charge < -0.3 is 5.11 Å². The summed E-state index contributed by atoms with van der Waals surface area (Å²) in [6.07, 6.45) is 0.198. The van der Waals surface area contributed by atoms with Gasteiger partial charge in [0.2, 0.25) is 0 Å². The van der Waals surface area contributed by atoms with Crippen molar-refractivity contribution in [1.82, 2.24) is 4.90 Å². The summed E-state index contributed by atoms with van der Waals surface area (Å²) in [5.74, 6) is -0.407. The van der Waals surface area contributed by atoms with E-state index in [0.29, 0.717) is 12.5 Å². The molecular formula is C18H19NO2. The largest absolute Gasteiger partial charge is 0.481 e. The van der Waals surface area contributed by atoms with Crippen LogP contribution in [-0.4, -0.2) is 29.1 Å². The number of carbonyl (C=O) groups is 1. The van der Waals surface area contributed by atoms with E-state index in [9.17, 15) is 4.79 Å². The molecule has 3 nitrogen and oxygen atoms in total. The SMILES string of the molecule is O=C(O)CCN1Cc2ccccc2[C@H](c2ccccc2)C1. The van der Waals surface area contributed by atoms with Gasteiger partial charge in [0.05, 0.1) is 6.42 Å². The van der Waals surface area contributed by atoms with Crippen LogP contribution in [0.3, 0.4) is 0 Å². The number of hydrogen-bond donors (Lipinski definition) is 1.